The van der Waals surface area contributed by atoms with Crippen molar-refractivity contribution in [3.8, 4) is 5.75 Å². The molecule has 148 valence electrons. The Bertz CT molecular complexity index is 1020. The number of nitrogens with zero attached hydrogens (tertiary/aromatic N) is 3. The lowest BCUT2D eigenvalue weighted by atomic mass is 10.1. The largest absolute Gasteiger partial charge is 0.496 e. The van der Waals surface area contributed by atoms with Gasteiger partial charge in [0.2, 0.25) is 16.9 Å². The number of carbonyl (C=O) groups is 2. The van der Waals surface area contributed by atoms with Crippen LogP contribution in [0.2, 0.25) is 0 Å². The van der Waals surface area contributed by atoms with Gasteiger partial charge in [-0.1, -0.05) is 47.7 Å². The molecule has 1 saturated heterocycles. The first-order valence-electron chi connectivity index (χ1n) is 9.24. The number of hydrogen-bond acceptors (Lipinski definition) is 6. The molecule has 1 unspecified atom stereocenters. The molecule has 1 aliphatic rings. The van der Waals surface area contributed by atoms with Crippen LogP contribution in [0, 0.1) is 0 Å². The number of benzene rings is 2. The molecule has 29 heavy (non-hydrogen) atoms. The molecule has 1 N–H and O–H groups in total. The minimum atomic E-state index is -0.189. The van der Waals surface area contributed by atoms with Gasteiger partial charge in [-0.2, -0.15) is 0 Å². The SMILES string of the molecule is COc1ccccc1CC(=O)Nc1nnc(C2CC(=O)N(c3ccccc3)C2)s1. The molecule has 1 aromatic heterocycles. The van der Waals surface area contributed by atoms with Gasteiger partial charge in [-0.3, -0.25) is 9.59 Å². The number of carbonyl (C=O) groups excluding carboxylic acids is 2. The van der Waals surface area contributed by atoms with Gasteiger partial charge >= 0.3 is 0 Å². The second-order valence-electron chi connectivity index (χ2n) is 6.72. The molecule has 0 saturated carbocycles. The van der Waals surface area contributed by atoms with Gasteiger partial charge < -0.3 is 15.0 Å². The minimum Gasteiger partial charge on any atom is -0.496 e. The van der Waals surface area contributed by atoms with Crippen molar-refractivity contribution in [2.24, 2.45) is 0 Å². The van der Waals surface area contributed by atoms with E-state index >= 15 is 0 Å². The maximum absolute atomic E-state index is 12.4. The van der Waals surface area contributed by atoms with E-state index < -0.39 is 0 Å². The molecule has 8 heteroatoms. The highest BCUT2D eigenvalue weighted by molar-refractivity contribution is 7.15. The van der Waals surface area contributed by atoms with Crippen LogP contribution in [-0.2, 0) is 16.0 Å². The van der Waals surface area contributed by atoms with E-state index in [9.17, 15) is 9.59 Å². The maximum atomic E-state index is 12.4. The Labute approximate surface area is 172 Å². The summed E-state index contributed by atoms with van der Waals surface area (Å²) >= 11 is 1.31. The summed E-state index contributed by atoms with van der Waals surface area (Å²) in [5.41, 5.74) is 1.69. The Morgan fingerprint density at radius 3 is 2.72 bits per heavy atom. The van der Waals surface area contributed by atoms with Crippen molar-refractivity contribution in [2.75, 3.05) is 23.9 Å². The average molecular weight is 408 g/mol. The number of nitrogens with one attached hydrogen (secondary N) is 1. The number of aromatic nitrogens is 2. The van der Waals surface area contributed by atoms with Gasteiger partial charge in [-0.15, -0.1) is 10.2 Å². The third-order valence-electron chi connectivity index (χ3n) is 4.77. The maximum Gasteiger partial charge on any atom is 0.230 e. The first-order valence-corrected chi connectivity index (χ1v) is 10.1. The van der Waals surface area contributed by atoms with Crippen LogP contribution in [0.5, 0.6) is 5.75 Å². The van der Waals surface area contributed by atoms with Crippen molar-refractivity contribution in [1.29, 1.82) is 0 Å². The van der Waals surface area contributed by atoms with Gasteiger partial charge in [0, 0.05) is 30.1 Å². The first-order chi connectivity index (χ1) is 14.1. The molecule has 2 amide bonds. The molecule has 3 aromatic rings. The van der Waals surface area contributed by atoms with Gasteiger partial charge in [0.25, 0.3) is 0 Å². The van der Waals surface area contributed by atoms with E-state index in [0.717, 1.165) is 16.3 Å². The van der Waals surface area contributed by atoms with Crippen LogP contribution >= 0.6 is 11.3 Å². The van der Waals surface area contributed by atoms with Gasteiger partial charge in [-0.05, 0) is 18.2 Å². The normalized spacial score (nSPS) is 16.1. The summed E-state index contributed by atoms with van der Waals surface area (Å²) in [7, 11) is 1.58. The summed E-state index contributed by atoms with van der Waals surface area (Å²) in [6.07, 6.45) is 0.571. The lowest BCUT2D eigenvalue weighted by molar-refractivity contribution is -0.117. The fraction of sp³-hybridized carbons (Fsp3) is 0.238. The zero-order valence-electron chi connectivity index (χ0n) is 15.9. The van der Waals surface area contributed by atoms with Crippen LogP contribution in [0.15, 0.2) is 54.6 Å². The van der Waals surface area contributed by atoms with Crippen molar-refractivity contribution in [3.05, 3.63) is 65.2 Å². The average Bonchev–Trinajstić information content (AvgIpc) is 3.35. The molecular weight excluding hydrogens is 388 g/mol. The molecule has 4 rings (SSSR count). The van der Waals surface area contributed by atoms with Crippen LogP contribution in [0.3, 0.4) is 0 Å². The first kappa shape index (κ1) is 19.1. The Kier molecular flexibility index (Phi) is 5.53. The van der Waals surface area contributed by atoms with E-state index in [4.69, 9.17) is 4.74 Å². The highest BCUT2D eigenvalue weighted by atomic mass is 32.1. The molecule has 0 radical (unpaired) electrons. The zero-order chi connectivity index (χ0) is 20.2. The standard InChI is InChI=1S/C21H20N4O3S/c1-28-17-10-6-5-7-14(17)11-18(26)22-21-24-23-20(29-21)15-12-19(27)25(13-15)16-8-3-2-4-9-16/h2-10,15H,11-13H2,1H3,(H,22,24,26). The fourth-order valence-electron chi connectivity index (χ4n) is 3.37. The number of methoxy groups -OCH3 is 1. The van der Waals surface area contributed by atoms with Crippen molar-refractivity contribution in [1.82, 2.24) is 10.2 Å². The van der Waals surface area contributed by atoms with E-state index in [2.05, 4.69) is 15.5 Å². The van der Waals surface area contributed by atoms with E-state index in [-0.39, 0.29) is 24.2 Å². The monoisotopic (exact) mass is 408 g/mol. The van der Waals surface area contributed by atoms with Gasteiger partial charge in [0.1, 0.15) is 10.8 Å². The smallest absolute Gasteiger partial charge is 0.230 e. The summed E-state index contributed by atoms with van der Waals surface area (Å²) in [5.74, 6) is 0.523. The van der Waals surface area contributed by atoms with E-state index in [0.29, 0.717) is 23.8 Å². The molecule has 1 atom stereocenters. The predicted molar refractivity (Wildman–Crippen MR) is 111 cm³/mol. The summed E-state index contributed by atoms with van der Waals surface area (Å²) in [6.45, 7) is 0.562. The zero-order valence-corrected chi connectivity index (χ0v) is 16.7. The van der Waals surface area contributed by atoms with Gasteiger partial charge in [0.05, 0.1) is 13.5 Å². The van der Waals surface area contributed by atoms with Crippen molar-refractivity contribution in [2.45, 2.75) is 18.8 Å². The van der Waals surface area contributed by atoms with Crippen LogP contribution in [-0.4, -0.2) is 35.7 Å². The number of ether oxygens (including phenoxy) is 1. The van der Waals surface area contributed by atoms with Crippen LogP contribution in [0.1, 0.15) is 22.9 Å². The minimum absolute atomic E-state index is 0.0277. The Morgan fingerprint density at radius 2 is 1.93 bits per heavy atom. The summed E-state index contributed by atoms with van der Waals surface area (Å²) in [4.78, 5) is 26.6. The fourth-order valence-corrected chi connectivity index (χ4v) is 4.22. The lowest BCUT2D eigenvalue weighted by Gasteiger charge is -2.15. The van der Waals surface area contributed by atoms with E-state index in [1.807, 2.05) is 54.6 Å². The topological polar surface area (TPSA) is 84.4 Å². The molecule has 0 aliphatic carbocycles. The molecule has 2 aromatic carbocycles. The van der Waals surface area contributed by atoms with E-state index in [1.165, 1.54) is 11.3 Å². The molecule has 7 nitrogen and oxygen atoms in total. The number of amides is 2. The highest BCUT2D eigenvalue weighted by Crippen LogP contribution is 2.34. The molecule has 1 fully saturated rings. The van der Waals surface area contributed by atoms with Crippen molar-refractivity contribution in [3.63, 3.8) is 0 Å². The number of anilines is 2. The van der Waals surface area contributed by atoms with Crippen molar-refractivity contribution >= 4 is 34.0 Å². The quantitative estimate of drug-likeness (QED) is 0.677. The third-order valence-corrected chi connectivity index (χ3v) is 5.77. The van der Waals surface area contributed by atoms with Crippen LogP contribution in [0.4, 0.5) is 10.8 Å². The van der Waals surface area contributed by atoms with E-state index in [1.54, 1.807) is 12.0 Å². The lowest BCUT2D eigenvalue weighted by Crippen LogP contribution is -2.24. The molecular formula is C21H20N4O3S. The van der Waals surface area contributed by atoms with Crippen LogP contribution < -0.4 is 15.0 Å². The van der Waals surface area contributed by atoms with Gasteiger partial charge in [0.15, 0.2) is 0 Å². The Hall–Kier alpha value is -3.26. The third kappa shape index (κ3) is 4.27. The summed E-state index contributed by atoms with van der Waals surface area (Å²) < 4.78 is 5.28. The Balaban J connectivity index is 1.40. The summed E-state index contributed by atoms with van der Waals surface area (Å²) in [6, 6.07) is 17.0. The van der Waals surface area contributed by atoms with Crippen LogP contribution in [0.25, 0.3) is 0 Å². The summed E-state index contributed by atoms with van der Waals surface area (Å²) in [5, 5.41) is 12.3. The number of para-hydroxylation sites is 2. The second-order valence-corrected chi connectivity index (χ2v) is 7.73. The second kappa shape index (κ2) is 8.40. The molecule has 1 aliphatic heterocycles. The number of rotatable bonds is 6. The predicted octanol–water partition coefficient (Wildman–Crippen LogP) is 3.25. The Morgan fingerprint density at radius 1 is 1.17 bits per heavy atom. The van der Waals surface area contributed by atoms with Gasteiger partial charge in [-0.25, -0.2) is 0 Å². The van der Waals surface area contributed by atoms with Crippen molar-refractivity contribution < 1.29 is 14.3 Å². The number of hydrogen-bond donors (Lipinski definition) is 1. The molecule has 2 heterocycles. The molecule has 0 spiro atoms. The molecule has 0 bridgehead atoms. The highest BCUT2D eigenvalue weighted by Gasteiger charge is 2.33.